The third-order valence-electron chi connectivity index (χ3n) is 2.03. The first kappa shape index (κ1) is 10.9. The summed E-state index contributed by atoms with van der Waals surface area (Å²) in [5.74, 6) is 0. The fourth-order valence-corrected chi connectivity index (χ4v) is 1.28. The Kier molecular flexibility index (Phi) is 5.51. The maximum Gasteiger partial charge on any atom is 0.0925 e. The van der Waals surface area contributed by atoms with Crippen LogP contribution in [0.5, 0.6) is 0 Å². The van der Waals surface area contributed by atoms with Crippen molar-refractivity contribution in [3.63, 3.8) is 0 Å². The molecule has 0 unspecified atom stereocenters. The topological polar surface area (TPSA) is 21.3 Å². The lowest BCUT2D eigenvalue weighted by atomic mass is 9.92. The van der Waals surface area contributed by atoms with Gasteiger partial charge in [0, 0.05) is 20.2 Å². The SMILES string of the molecule is CC.CCCC1(OC)CNC1. The highest BCUT2D eigenvalue weighted by Crippen LogP contribution is 2.21. The summed E-state index contributed by atoms with van der Waals surface area (Å²) < 4.78 is 5.35. The van der Waals surface area contributed by atoms with Crippen LogP contribution in [0, 0.1) is 0 Å². The fraction of sp³-hybridized carbons (Fsp3) is 1.00. The van der Waals surface area contributed by atoms with Crippen molar-refractivity contribution >= 4 is 0 Å². The molecule has 0 aromatic rings. The van der Waals surface area contributed by atoms with Gasteiger partial charge in [-0.15, -0.1) is 0 Å². The maximum absolute atomic E-state index is 5.35. The summed E-state index contributed by atoms with van der Waals surface area (Å²) in [6, 6.07) is 0. The standard InChI is InChI=1S/C7H15NO.C2H6/c1-3-4-7(9-2)5-8-6-7;1-2/h8H,3-6H2,1-2H3;1-2H3. The third kappa shape index (κ3) is 2.80. The molecule has 0 aromatic heterocycles. The van der Waals surface area contributed by atoms with Crippen LogP contribution in [-0.2, 0) is 4.74 Å². The molecule has 2 heteroatoms. The van der Waals surface area contributed by atoms with Gasteiger partial charge in [-0.05, 0) is 6.42 Å². The van der Waals surface area contributed by atoms with Crippen molar-refractivity contribution in [1.29, 1.82) is 0 Å². The van der Waals surface area contributed by atoms with Crippen molar-refractivity contribution in [2.24, 2.45) is 0 Å². The Morgan fingerprint density at radius 3 is 2.00 bits per heavy atom. The molecule has 1 aliphatic rings. The van der Waals surface area contributed by atoms with Crippen molar-refractivity contribution in [1.82, 2.24) is 5.32 Å². The zero-order valence-corrected chi connectivity index (χ0v) is 8.24. The molecule has 0 aliphatic carbocycles. The first-order chi connectivity index (χ1) is 5.33. The zero-order valence-electron chi connectivity index (χ0n) is 8.24. The fourth-order valence-electron chi connectivity index (χ4n) is 1.28. The minimum Gasteiger partial charge on any atom is -0.376 e. The lowest BCUT2D eigenvalue weighted by Crippen LogP contribution is -2.60. The normalized spacial score (nSPS) is 19.6. The highest BCUT2D eigenvalue weighted by atomic mass is 16.5. The van der Waals surface area contributed by atoms with Crippen LogP contribution in [0.1, 0.15) is 33.6 Å². The Morgan fingerprint density at radius 1 is 1.36 bits per heavy atom. The number of nitrogens with one attached hydrogen (secondary N) is 1. The first-order valence-corrected chi connectivity index (χ1v) is 4.59. The Morgan fingerprint density at radius 2 is 1.91 bits per heavy atom. The van der Waals surface area contributed by atoms with Gasteiger partial charge in [0.2, 0.25) is 0 Å². The molecule has 0 atom stereocenters. The van der Waals surface area contributed by atoms with E-state index in [0.29, 0.717) is 0 Å². The van der Waals surface area contributed by atoms with Crippen LogP contribution in [0.2, 0.25) is 0 Å². The molecule has 2 nitrogen and oxygen atoms in total. The highest BCUT2D eigenvalue weighted by molar-refractivity contribution is 4.93. The van der Waals surface area contributed by atoms with E-state index in [9.17, 15) is 0 Å². The molecule has 1 heterocycles. The quantitative estimate of drug-likeness (QED) is 0.678. The van der Waals surface area contributed by atoms with Crippen LogP contribution < -0.4 is 5.32 Å². The summed E-state index contributed by atoms with van der Waals surface area (Å²) in [7, 11) is 1.80. The van der Waals surface area contributed by atoms with Crippen molar-refractivity contribution in [3.8, 4) is 0 Å². The maximum atomic E-state index is 5.35. The van der Waals surface area contributed by atoms with Gasteiger partial charge in [-0.1, -0.05) is 27.2 Å². The van der Waals surface area contributed by atoms with Gasteiger partial charge in [0.1, 0.15) is 0 Å². The average Bonchev–Trinajstić information content (AvgIpc) is 2.01. The van der Waals surface area contributed by atoms with E-state index in [2.05, 4.69) is 12.2 Å². The minimum atomic E-state index is 0.203. The van der Waals surface area contributed by atoms with Gasteiger partial charge in [0.05, 0.1) is 5.60 Å². The Hall–Kier alpha value is -0.0800. The van der Waals surface area contributed by atoms with Gasteiger partial charge in [-0.3, -0.25) is 0 Å². The molecule has 1 saturated heterocycles. The van der Waals surface area contributed by atoms with E-state index in [0.717, 1.165) is 13.1 Å². The zero-order chi connectivity index (χ0) is 8.74. The second-order valence-electron chi connectivity index (χ2n) is 2.74. The van der Waals surface area contributed by atoms with E-state index in [1.165, 1.54) is 12.8 Å². The van der Waals surface area contributed by atoms with Crippen molar-refractivity contribution in [2.75, 3.05) is 20.2 Å². The van der Waals surface area contributed by atoms with Crippen molar-refractivity contribution < 1.29 is 4.74 Å². The van der Waals surface area contributed by atoms with Gasteiger partial charge >= 0.3 is 0 Å². The molecule has 0 spiro atoms. The Balaban J connectivity index is 0.000000461. The summed E-state index contributed by atoms with van der Waals surface area (Å²) in [6.07, 6.45) is 2.41. The van der Waals surface area contributed by atoms with E-state index < -0.39 is 0 Å². The van der Waals surface area contributed by atoms with Gasteiger partial charge in [-0.25, -0.2) is 0 Å². The predicted octanol–water partition coefficient (Wildman–Crippen LogP) is 1.80. The Labute approximate surface area is 70.3 Å². The molecule has 1 aliphatic heterocycles. The summed E-state index contributed by atoms with van der Waals surface area (Å²) in [5, 5.41) is 3.21. The summed E-state index contributed by atoms with van der Waals surface area (Å²) >= 11 is 0. The average molecular weight is 159 g/mol. The molecule has 0 saturated carbocycles. The van der Waals surface area contributed by atoms with Crippen LogP contribution in [0.3, 0.4) is 0 Å². The molecule has 1 N–H and O–H groups in total. The summed E-state index contributed by atoms with van der Waals surface area (Å²) in [4.78, 5) is 0. The van der Waals surface area contributed by atoms with Gasteiger partial charge in [-0.2, -0.15) is 0 Å². The summed E-state index contributed by atoms with van der Waals surface area (Å²) in [6.45, 7) is 8.27. The molecular weight excluding hydrogens is 138 g/mol. The summed E-state index contributed by atoms with van der Waals surface area (Å²) in [5.41, 5.74) is 0.203. The predicted molar refractivity (Wildman–Crippen MR) is 48.9 cm³/mol. The van der Waals surface area contributed by atoms with Crippen LogP contribution in [0.25, 0.3) is 0 Å². The number of hydrogen-bond donors (Lipinski definition) is 1. The Bertz CT molecular complexity index is 84.1. The van der Waals surface area contributed by atoms with Gasteiger partial charge in [0.25, 0.3) is 0 Å². The molecule has 68 valence electrons. The van der Waals surface area contributed by atoms with Gasteiger partial charge < -0.3 is 10.1 Å². The largest absolute Gasteiger partial charge is 0.376 e. The van der Waals surface area contributed by atoms with E-state index in [1.54, 1.807) is 7.11 Å². The first-order valence-electron chi connectivity index (χ1n) is 4.59. The highest BCUT2D eigenvalue weighted by Gasteiger charge is 2.35. The van der Waals surface area contributed by atoms with E-state index in [4.69, 9.17) is 4.74 Å². The molecule has 0 bridgehead atoms. The van der Waals surface area contributed by atoms with E-state index >= 15 is 0 Å². The molecule has 1 fully saturated rings. The number of ether oxygens (including phenoxy) is 1. The number of hydrogen-bond acceptors (Lipinski definition) is 2. The minimum absolute atomic E-state index is 0.203. The second-order valence-corrected chi connectivity index (χ2v) is 2.74. The molecule has 0 radical (unpaired) electrons. The van der Waals surface area contributed by atoms with Gasteiger partial charge in [0.15, 0.2) is 0 Å². The van der Waals surface area contributed by atoms with E-state index in [-0.39, 0.29) is 5.60 Å². The van der Waals surface area contributed by atoms with Crippen molar-refractivity contribution in [3.05, 3.63) is 0 Å². The molecule has 1 rings (SSSR count). The lowest BCUT2D eigenvalue weighted by Gasteiger charge is -2.41. The van der Waals surface area contributed by atoms with E-state index in [1.807, 2.05) is 13.8 Å². The molecule has 11 heavy (non-hydrogen) atoms. The number of methoxy groups -OCH3 is 1. The lowest BCUT2D eigenvalue weighted by molar-refractivity contribution is -0.0573. The third-order valence-corrected chi connectivity index (χ3v) is 2.03. The number of rotatable bonds is 3. The second kappa shape index (κ2) is 5.56. The van der Waals surface area contributed by atoms with Crippen LogP contribution in [0.4, 0.5) is 0 Å². The van der Waals surface area contributed by atoms with Crippen molar-refractivity contribution in [2.45, 2.75) is 39.2 Å². The van der Waals surface area contributed by atoms with Crippen LogP contribution in [-0.4, -0.2) is 25.8 Å². The van der Waals surface area contributed by atoms with Crippen LogP contribution in [0.15, 0.2) is 0 Å². The molecule has 0 aromatic carbocycles. The molecular formula is C9H21NO. The van der Waals surface area contributed by atoms with Crippen LogP contribution >= 0.6 is 0 Å². The smallest absolute Gasteiger partial charge is 0.0925 e. The molecule has 0 amide bonds. The monoisotopic (exact) mass is 159 g/mol.